The number of benzene rings is 1. The molecule has 5 rings (SSSR count). The monoisotopic (exact) mass is 806 g/mol. The summed E-state index contributed by atoms with van der Waals surface area (Å²) in [5.41, 5.74) is 2.31. The number of esters is 1. The summed E-state index contributed by atoms with van der Waals surface area (Å²) in [5, 5.41) is 23.0. The average molecular weight is 806 g/mol. The van der Waals surface area contributed by atoms with Gasteiger partial charge in [-0.05, 0) is 135 Å². The number of hydrogen-bond donors (Lipinski definition) is 3. The molecule has 0 aliphatic heterocycles. The number of ketones is 1. The van der Waals surface area contributed by atoms with Gasteiger partial charge in [-0.25, -0.2) is 0 Å². The van der Waals surface area contributed by atoms with Crippen LogP contribution in [0.1, 0.15) is 180 Å². The number of carbonyl (C=O) groups is 3. The summed E-state index contributed by atoms with van der Waals surface area (Å²) in [6.07, 6.45) is 18.7. The van der Waals surface area contributed by atoms with E-state index in [1.54, 1.807) is 26.0 Å². The van der Waals surface area contributed by atoms with Crippen molar-refractivity contribution in [1.82, 2.24) is 5.32 Å². The summed E-state index contributed by atoms with van der Waals surface area (Å²) in [4.78, 5) is 38.9. The third-order valence-corrected chi connectivity index (χ3v) is 14.9. The zero-order chi connectivity index (χ0) is 44.5. The highest BCUT2D eigenvalue weighted by atomic mass is 16.5. The van der Waals surface area contributed by atoms with Gasteiger partial charge >= 0.3 is 11.9 Å². The number of ether oxygens (including phenoxy) is 1. The molecule has 0 bridgehead atoms. The number of aromatic hydroxyl groups is 1. The predicted octanol–water partition coefficient (Wildman–Crippen LogP) is 12.3. The highest BCUT2D eigenvalue weighted by Crippen LogP contribution is 2.68. The molecule has 6 atom stereocenters. The van der Waals surface area contributed by atoms with Crippen molar-refractivity contribution in [2.24, 2.45) is 50.2 Å². The van der Waals surface area contributed by atoms with Crippen molar-refractivity contribution >= 4 is 17.7 Å². The minimum atomic E-state index is -1.16. The first kappa shape index (κ1) is 51.0. The Labute approximate surface area is 354 Å². The molecule has 328 valence electrons. The van der Waals surface area contributed by atoms with Crippen LogP contribution in [0.25, 0.3) is 0 Å². The molecule has 7 nitrogen and oxygen atoms in total. The molecule has 1 aromatic carbocycles. The van der Waals surface area contributed by atoms with E-state index in [0.717, 1.165) is 88.4 Å². The molecule has 7 heteroatoms. The highest BCUT2D eigenvalue weighted by molar-refractivity contribution is 6.00. The quantitative estimate of drug-likeness (QED) is 0.123. The fourth-order valence-corrected chi connectivity index (χ4v) is 12.2. The number of carboxylic acid groups (broad SMARTS) is 1. The van der Waals surface area contributed by atoms with E-state index in [4.69, 9.17) is 4.74 Å². The Bertz CT molecular complexity index is 1580. The fourth-order valence-electron chi connectivity index (χ4n) is 12.2. The normalized spacial score (nSPS) is 30.0. The molecule has 0 aromatic heterocycles. The third-order valence-electron chi connectivity index (χ3n) is 14.9. The Hall–Kier alpha value is -3.11. The molecule has 0 heterocycles. The first-order valence-electron chi connectivity index (χ1n) is 22.6. The number of phenolic OH excluding ortho intramolecular Hbond substituents is 1. The molecule has 1 aromatic rings. The van der Waals surface area contributed by atoms with E-state index in [0.29, 0.717) is 24.0 Å². The van der Waals surface area contributed by atoms with Crippen LogP contribution in [0.2, 0.25) is 0 Å². The molecule has 3 fully saturated rings. The summed E-state index contributed by atoms with van der Waals surface area (Å²) in [5.74, 6) is 0.338. The van der Waals surface area contributed by atoms with E-state index in [9.17, 15) is 24.6 Å². The van der Waals surface area contributed by atoms with Gasteiger partial charge in [0.2, 0.25) is 0 Å². The van der Waals surface area contributed by atoms with Gasteiger partial charge in [-0.15, -0.1) is 12.8 Å². The number of fused-ring (bicyclic) bond motifs is 4. The highest BCUT2D eigenvalue weighted by Gasteiger charge is 2.62. The first-order chi connectivity index (χ1) is 27.1. The summed E-state index contributed by atoms with van der Waals surface area (Å²) < 4.78 is 6.18. The number of carbonyl (C=O) groups excluding carboxylic acids is 2. The number of terminal acetylenes is 1. The van der Waals surface area contributed by atoms with Gasteiger partial charge in [0.05, 0.1) is 11.8 Å². The molecule has 3 saturated carbocycles. The molecule has 0 amide bonds. The third kappa shape index (κ3) is 10.8. The molecule has 0 spiro atoms. The van der Waals surface area contributed by atoms with E-state index >= 15 is 0 Å². The molecular formula is C51H83NO6. The number of Topliss-reactive ketones (excluding diaryl/α,β-unsaturated/α-hetero) is 1. The van der Waals surface area contributed by atoms with E-state index < -0.39 is 17.4 Å². The van der Waals surface area contributed by atoms with Crippen LogP contribution in [0.4, 0.5) is 0 Å². The van der Waals surface area contributed by atoms with Gasteiger partial charge in [-0.1, -0.05) is 107 Å². The van der Waals surface area contributed by atoms with Crippen molar-refractivity contribution in [2.45, 2.75) is 187 Å². The van der Waals surface area contributed by atoms with Gasteiger partial charge in [0.15, 0.2) is 5.78 Å². The zero-order valence-electron chi connectivity index (χ0n) is 39.2. The molecular weight excluding hydrogens is 723 g/mol. The smallest absolute Gasteiger partial charge is 0.309 e. The Kier molecular flexibility index (Phi) is 18.0. The number of hydrogen-bond acceptors (Lipinski definition) is 6. The maximum absolute atomic E-state index is 14.0. The van der Waals surface area contributed by atoms with Crippen molar-refractivity contribution < 1.29 is 29.3 Å². The predicted molar refractivity (Wildman–Crippen MR) is 239 cm³/mol. The SMILES string of the molecule is C#C.CC.CC.CC(C)C1=C2C(C)(C)CCC3C(C)(CCCC2(CCNCc2ccc(O)cc2)CC1=O)CC[C@H]1C(C)(C)C(OC(=O)CC(C)(C)C(=O)O)CCC31C. The summed E-state index contributed by atoms with van der Waals surface area (Å²) in [6, 6.07) is 7.40. The molecule has 4 aliphatic carbocycles. The largest absolute Gasteiger partial charge is 0.508 e. The standard InChI is InChI=1S/C45H69NO6.2C2H6.C2H2/c1-29(2)37-32(48)26-45(24-25-46-28-30-12-14-31(47)15-13-30)20-11-19-43(9)22-17-33-42(7,8)35(52-36(49)27-41(5,6)39(50)51)18-23-44(33,10)34(43)16-21-40(3,4)38(37)45;3*1-2/h12-15,29,33-35,46-47H,11,16-28H2,1-10H3,(H,50,51);2*1-2H3;1-2H/t33-,34?,35?,43?,44?,45?;;;/m0.../s1. The van der Waals surface area contributed by atoms with E-state index in [1.165, 1.54) is 5.57 Å². The summed E-state index contributed by atoms with van der Waals surface area (Å²) >= 11 is 0. The minimum Gasteiger partial charge on any atom is -0.508 e. The lowest BCUT2D eigenvalue weighted by Gasteiger charge is -2.64. The lowest BCUT2D eigenvalue weighted by molar-refractivity contribution is -0.197. The second-order valence-electron chi connectivity index (χ2n) is 20.2. The molecule has 5 unspecified atom stereocenters. The van der Waals surface area contributed by atoms with Crippen LogP contribution in [0, 0.1) is 63.1 Å². The summed E-state index contributed by atoms with van der Waals surface area (Å²) in [6.45, 7) is 31.7. The first-order valence-corrected chi connectivity index (χ1v) is 22.6. The van der Waals surface area contributed by atoms with Crippen LogP contribution in [-0.2, 0) is 25.7 Å². The van der Waals surface area contributed by atoms with Crippen LogP contribution >= 0.6 is 0 Å². The maximum atomic E-state index is 14.0. The van der Waals surface area contributed by atoms with Gasteiger partial charge in [0.25, 0.3) is 0 Å². The van der Waals surface area contributed by atoms with Crippen LogP contribution in [0.15, 0.2) is 35.4 Å². The second kappa shape index (κ2) is 20.4. The molecule has 58 heavy (non-hydrogen) atoms. The Morgan fingerprint density at radius 1 is 0.879 bits per heavy atom. The Balaban J connectivity index is 0.00000185. The van der Waals surface area contributed by atoms with Crippen LogP contribution in [-0.4, -0.2) is 40.6 Å². The van der Waals surface area contributed by atoms with E-state index in [1.807, 2.05) is 39.8 Å². The molecule has 3 N–H and O–H groups in total. The number of rotatable bonds is 10. The van der Waals surface area contributed by atoms with Crippen molar-refractivity contribution in [3.8, 4) is 18.6 Å². The lowest BCUT2D eigenvalue weighted by atomic mass is 9.41. The van der Waals surface area contributed by atoms with Gasteiger partial charge in [0, 0.05) is 23.8 Å². The van der Waals surface area contributed by atoms with Crippen molar-refractivity contribution in [3.05, 3.63) is 41.0 Å². The number of aliphatic carboxylic acids is 1. The van der Waals surface area contributed by atoms with Crippen LogP contribution < -0.4 is 5.32 Å². The van der Waals surface area contributed by atoms with Gasteiger partial charge < -0.3 is 20.3 Å². The van der Waals surface area contributed by atoms with E-state index in [-0.39, 0.29) is 51.3 Å². The number of nitrogens with one attached hydrogen (secondary N) is 1. The van der Waals surface area contributed by atoms with Crippen LogP contribution in [0.3, 0.4) is 0 Å². The minimum absolute atomic E-state index is 0.0883. The topological polar surface area (TPSA) is 113 Å². The van der Waals surface area contributed by atoms with E-state index in [2.05, 4.69) is 73.6 Å². The van der Waals surface area contributed by atoms with Crippen molar-refractivity contribution in [2.75, 3.05) is 6.54 Å². The van der Waals surface area contributed by atoms with Gasteiger partial charge in [0.1, 0.15) is 11.9 Å². The van der Waals surface area contributed by atoms with Crippen molar-refractivity contribution in [3.63, 3.8) is 0 Å². The zero-order valence-corrected chi connectivity index (χ0v) is 39.2. The number of carboxylic acids is 1. The number of phenols is 1. The lowest BCUT2D eigenvalue weighted by Crippen LogP contribution is -2.59. The Morgan fingerprint density at radius 3 is 2.03 bits per heavy atom. The fraction of sp³-hybridized carbons (Fsp3) is 0.745. The summed E-state index contributed by atoms with van der Waals surface area (Å²) in [7, 11) is 0. The molecule has 0 saturated heterocycles. The second-order valence-corrected chi connectivity index (χ2v) is 20.2. The Morgan fingerprint density at radius 2 is 1.47 bits per heavy atom. The molecule has 0 radical (unpaired) electrons. The van der Waals surface area contributed by atoms with Crippen LogP contribution in [0.5, 0.6) is 5.75 Å². The maximum Gasteiger partial charge on any atom is 0.309 e. The average Bonchev–Trinajstić information content (AvgIpc) is 3.46. The molecule has 4 aliphatic rings. The van der Waals surface area contributed by atoms with Gasteiger partial charge in [-0.2, -0.15) is 0 Å². The number of allylic oxidation sites excluding steroid dienone is 2. The van der Waals surface area contributed by atoms with Gasteiger partial charge in [-0.3, -0.25) is 14.4 Å². The van der Waals surface area contributed by atoms with Crippen molar-refractivity contribution in [1.29, 1.82) is 0 Å².